The number of methoxy groups -OCH3 is 1. The number of hydrogen-bond donors (Lipinski definition) is 0. The molecule has 0 aromatic carbocycles. The average molecular weight is 351 g/mol. The van der Waals surface area contributed by atoms with Gasteiger partial charge in [0, 0.05) is 13.1 Å². The highest BCUT2D eigenvalue weighted by molar-refractivity contribution is 5.87. The minimum Gasteiger partial charge on any atom is -0.464 e. The second-order valence-electron chi connectivity index (χ2n) is 7.24. The number of amides is 1. The smallest absolute Gasteiger partial charge is 0.410 e. The van der Waals surface area contributed by atoms with Crippen LogP contribution in [0.2, 0.25) is 0 Å². The molecular weight excluding hydrogens is 329 g/mol. The molecular formula is C17H22FN3O4. The van der Waals surface area contributed by atoms with E-state index in [9.17, 15) is 14.0 Å². The fourth-order valence-corrected chi connectivity index (χ4v) is 3.09. The first-order chi connectivity index (χ1) is 11.7. The third-order valence-corrected chi connectivity index (χ3v) is 4.27. The molecule has 2 fully saturated rings. The zero-order chi connectivity index (χ0) is 18.4. The molecule has 0 N–H and O–H groups in total. The topological polar surface area (TPSA) is 72.0 Å². The molecule has 1 amide bonds. The zero-order valence-electron chi connectivity index (χ0n) is 14.8. The lowest BCUT2D eigenvalue weighted by atomic mass is 10.2. The summed E-state index contributed by atoms with van der Waals surface area (Å²) in [6.07, 6.45) is 0.427. The first-order valence-corrected chi connectivity index (χ1v) is 8.22. The van der Waals surface area contributed by atoms with Gasteiger partial charge in [0.2, 0.25) is 5.95 Å². The average Bonchev–Trinajstić information content (AvgIpc) is 3.32. The van der Waals surface area contributed by atoms with Crippen LogP contribution in [-0.4, -0.2) is 59.8 Å². The molecule has 7 nitrogen and oxygen atoms in total. The lowest BCUT2D eigenvalue weighted by molar-refractivity contribution is 0.0218. The van der Waals surface area contributed by atoms with Crippen molar-refractivity contribution in [1.82, 2.24) is 9.88 Å². The van der Waals surface area contributed by atoms with E-state index in [0.717, 1.165) is 6.42 Å². The largest absolute Gasteiger partial charge is 0.464 e. The molecule has 0 bridgehead atoms. The van der Waals surface area contributed by atoms with Gasteiger partial charge in [-0.3, -0.25) is 0 Å². The molecule has 1 saturated heterocycles. The van der Waals surface area contributed by atoms with Crippen LogP contribution in [-0.2, 0) is 9.47 Å². The van der Waals surface area contributed by atoms with Crippen LogP contribution in [0.25, 0.3) is 0 Å². The van der Waals surface area contributed by atoms with Crippen LogP contribution >= 0.6 is 0 Å². The third kappa shape index (κ3) is 3.52. The lowest BCUT2D eigenvalue weighted by Gasteiger charge is -2.36. The van der Waals surface area contributed by atoms with Gasteiger partial charge in [0.05, 0.1) is 24.9 Å². The Kier molecular flexibility index (Phi) is 4.30. The van der Waals surface area contributed by atoms with E-state index in [1.54, 1.807) is 4.90 Å². The van der Waals surface area contributed by atoms with Crippen LogP contribution < -0.4 is 4.90 Å². The van der Waals surface area contributed by atoms with Crippen molar-refractivity contribution < 1.29 is 23.5 Å². The monoisotopic (exact) mass is 351 g/mol. The Labute approximate surface area is 145 Å². The number of nitrogens with zero attached hydrogens (tertiary/aromatic N) is 3. The normalized spacial score (nSPS) is 22.3. The van der Waals surface area contributed by atoms with Crippen molar-refractivity contribution in [2.24, 2.45) is 0 Å². The molecule has 1 saturated carbocycles. The van der Waals surface area contributed by atoms with Gasteiger partial charge in [-0.1, -0.05) is 0 Å². The second kappa shape index (κ2) is 6.16. The molecule has 2 heterocycles. The van der Waals surface area contributed by atoms with Crippen LogP contribution in [0.3, 0.4) is 0 Å². The number of halogens is 1. The summed E-state index contributed by atoms with van der Waals surface area (Å²) < 4.78 is 24.3. The molecule has 0 spiro atoms. The van der Waals surface area contributed by atoms with E-state index in [1.807, 2.05) is 25.7 Å². The summed E-state index contributed by atoms with van der Waals surface area (Å²) in [5.41, 5.74) is -0.272. The number of piperazine rings is 1. The van der Waals surface area contributed by atoms with Crippen molar-refractivity contribution in [3.8, 4) is 0 Å². The number of rotatable bonds is 2. The Morgan fingerprint density at radius 1 is 1.24 bits per heavy atom. The molecule has 2 atom stereocenters. The van der Waals surface area contributed by atoms with Crippen molar-refractivity contribution >= 4 is 17.7 Å². The quantitative estimate of drug-likeness (QED) is 0.601. The summed E-state index contributed by atoms with van der Waals surface area (Å²) in [6.45, 7) is 6.42. The molecule has 1 aromatic heterocycles. The molecule has 0 unspecified atom stereocenters. The number of carbonyl (C=O) groups excluding carboxylic acids is 2. The number of carbonyl (C=O) groups is 2. The molecule has 25 heavy (non-hydrogen) atoms. The van der Waals surface area contributed by atoms with Crippen molar-refractivity contribution in [2.45, 2.75) is 44.9 Å². The molecule has 0 radical (unpaired) electrons. The fraction of sp³-hybridized carbons (Fsp3) is 0.588. The molecule has 8 heteroatoms. The second-order valence-corrected chi connectivity index (χ2v) is 7.24. The van der Waals surface area contributed by atoms with Crippen molar-refractivity contribution in [2.75, 3.05) is 25.1 Å². The predicted octanol–water partition coefficient (Wildman–Crippen LogP) is 2.21. The van der Waals surface area contributed by atoms with Gasteiger partial charge in [-0.15, -0.1) is 0 Å². The fourth-order valence-electron chi connectivity index (χ4n) is 3.09. The third-order valence-electron chi connectivity index (χ3n) is 4.27. The van der Waals surface area contributed by atoms with Gasteiger partial charge < -0.3 is 19.3 Å². The van der Waals surface area contributed by atoms with Crippen molar-refractivity contribution in [3.05, 3.63) is 23.8 Å². The van der Waals surface area contributed by atoms with Crippen LogP contribution in [0.5, 0.6) is 0 Å². The Balaban J connectivity index is 1.70. The Morgan fingerprint density at radius 2 is 1.96 bits per heavy atom. The van der Waals surface area contributed by atoms with Gasteiger partial charge in [0.15, 0.2) is 5.69 Å². The number of ether oxygens (including phenoxy) is 2. The molecule has 1 aliphatic heterocycles. The molecule has 1 aliphatic carbocycles. The van der Waals surface area contributed by atoms with Crippen LogP contribution in [0.4, 0.5) is 14.9 Å². The molecule has 1 aromatic rings. The lowest BCUT2D eigenvalue weighted by Crippen LogP contribution is -2.50. The number of fused-ring (bicyclic) bond motifs is 1. The van der Waals surface area contributed by atoms with E-state index < -0.39 is 17.5 Å². The van der Waals surface area contributed by atoms with E-state index in [0.29, 0.717) is 18.8 Å². The first-order valence-electron chi connectivity index (χ1n) is 8.22. The zero-order valence-corrected chi connectivity index (χ0v) is 14.8. The Hall–Kier alpha value is -2.38. The summed E-state index contributed by atoms with van der Waals surface area (Å²) in [6, 6.07) is 3.04. The minimum absolute atomic E-state index is 0.0169. The van der Waals surface area contributed by atoms with Gasteiger partial charge in [-0.2, -0.15) is 4.39 Å². The van der Waals surface area contributed by atoms with Gasteiger partial charge >= 0.3 is 12.1 Å². The van der Waals surface area contributed by atoms with Crippen LogP contribution in [0.15, 0.2) is 12.1 Å². The predicted molar refractivity (Wildman–Crippen MR) is 88.0 cm³/mol. The first kappa shape index (κ1) is 17.4. The summed E-state index contributed by atoms with van der Waals surface area (Å²) >= 11 is 0. The molecule has 2 aliphatic rings. The number of aromatic nitrogens is 1. The highest BCUT2D eigenvalue weighted by atomic mass is 19.1. The number of hydrogen-bond acceptors (Lipinski definition) is 6. The maximum atomic E-state index is 14.3. The maximum absolute atomic E-state index is 14.3. The van der Waals surface area contributed by atoms with Crippen molar-refractivity contribution in [1.29, 1.82) is 0 Å². The summed E-state index contributed by atoms with van der Waals surface area (Å²) in [7, 11) is 1.22. The molecule has 3 rings (SSSR count). The number of pyridine rings is 1. The summed E-state index contributed by atoms with van der Waals surface area (Å²) in [5, 5.41) is 0. The maximum Gasteiger partial charge on any atom is 0.410 e. The van der Waals surface area contributed by atoms with E-state index in [2.05, 4.69) is 9.72 Å². The highest BCUT2D eigenvalue weighted by Crippen LogP contribution is 2.40. The minimum atomic E-state index is -0.709. The standard InChI is InChI=1S/C17H22FN3O4/c1-17(2,3)25-16(23)21-8-7-20(12-9-13(12)21)11-6-5-10(15(22)24-4)19-14(11)18/h5-6,12-13H,7-9H2,1-4H3/t12-,13+/m0/s1. The van der Waals surface area contributed by atoms with Crippen LogP contribution in [0, 0.1) is 5.95 Å². The molecule has 136 valence electrons. The summed E-state index contributed by atoms with van der Waals surface area (Å²) in [4.78, 5) is 31.0. The van der Waals surface area contributed by atoms with Gasteiger partial charge in [0.1, 0.15) is 5.60 Å². The summed E-state index contributed by atoms with van der Waals surface area (Å²) in [5.74, 6) is -1.39. The van der Waals surface area contributed by atoms with E-state index in [1.165, 1.54) is 19.2 Å². The van der Waals surface area contributed by atoms with Gasteiger partial charge in [0.25, 0.3) is 0 Å². The van der Waals surface area contributed by atoms with Crippen LogP contribution in [0.1, 0.15) is 37.7 Å². The number of anilines is 1. The SMILES string of the molecule is COC(=O)c1ccc(N2CCN(C(=O)OC(C)(C)C)[C@@H]3C[C@@H]32)c(F)n1. The van der Waals surface area contributed by atoms with E-state index in [-0.39, 0.29) is 23.9 Å². The van der Waals surface area contributed by atoms with E-state index in [4.69, 9.17) is 4.74 Å². The van der Waals surface area contributed by atoms with Gasteiger partial charge in [-0.05, 0) is 39.3 Å². The van der Waals surface area contributed by atoms with Gasteiger partial charge in [-0.25, -0.2) is 14.6 Å². The number of esters is 1. The highest BCUT2D eigenvalue weighted by Gasteiger charge is 2.52. The Morgan fingerprint density at radius 3 is 2.56 bits per heavy atom. The van der Waals surface area contributed by atoms with Crippen molar-refractivity contribution in [3.63, 3.8) is 0 Å². The Bertz CT molecular complexity index is 704. The van der Waals surface area contributed by atoms with E-state index >= 15 is 0 Å².